The average molecular weight is 368 g/mol. The Kier molecular flexibility index (Phi) is 5.20. The van der Waals surface area contributed by atoms with E-state index in [-0.39, 0.29) is 17.4 Å². The fourth-order valence-corrected chi connectivity index (χ4v) is 3.86. The summed E-state index contributed by atoms with van der Waals surface area (Å²) in [6, 6.07) is 9.54. The summed E-state index contributed by atoms with van der Waals surface area (Å²) >= 11 is 0. The second-order valence-corrected chi connectivity index (χ2v) is 7.18. The third-order valence-corrected chi connectivity index (χ3v) is 5.28. The van der Waals surface area contributed by atoms with Crippen molar-refractivity contribution >= 4 is 5.91 Å². The van der Waals surface area contributed by atoms with E-state index in [4.69, 9.17) is 4.74 Å². The first-order valence-electron chi connectivity index (χ1n) is 9.44. The van der Waals surface area contributed by atoms with Gasteiger partial charge in [-0.15, -0.1) is 0 Å². The van der Waals surface area contributed by atoms with E-state index in [0.29, 0.717) is 19.7 Å². The molecule has 1 N–H and O–H groups in total. The number of ether oxygens (including phenoxy) is 1. The van der Waals surface area contributed by atoms with Gasteiger partial charge in [0.15, 0.2) is 0 Å². The fraction of sp³-hybridized carbons (Fsp3) is 0.450. The molecule has 27 heavy (non-hydrogen) atoms. The summed E-state index contributed by atoms with van der Waals surface area (Å²) in [5.74, 6) is 1.16. The van der Waals surface area contributed by atoms with Crippen LogP contribution in [-0.4, -0.2) is 58.5 Å². The van der Waals surface area contributed by atoms with Crippen molar-refractivity contribution in [2.45, 2.75) is 25.3 Å². The average Bonchev–Trinajstić information content (AvgIpc) is 2.90. The number of carbonyl (C=O) groups is 1. The molecule has 1 saturated heterocycles. The quantitative estimate of drug-likeness (QED) is 0.885. The van der Waals surface area contributed by atoms with Crippen molar-refractivity contribution in [3.05, 3.63) is 58.3 Å². The van der Waals surface area contributed by atoms with Gasteiger partial charge in [0.2, 0.25) is 5.91 Å². The topological polar surface area (TPSA) is 78.5 Å². The number of likely N-dealkylation sites (tertiary alicyclic amines) is 1. The Labute approximate surface area is 158 Å². The molecule has 4 rings (SSSR count). The van der Waals surface area contributed by atoms with Crippen molar-refractivity contribution < 1.29 is 9.53 Å². The Balaban J connectivity index is 1.40. The van der Waals surface area contributed by atoms with Gasteiger partial charge in [0, 0.05) is 43.7 Å². The molecule has 1 aromatic heterocycles. The number of H-pyrrole nitrogens is 1. The van der Waals surface area contributed by atoms with Crippen LogP contribution in [0.15, 0.2) is 41.5 Å². The third kappa shape index (κ3) is 4.19. The maximum absolute atomic E-state index is 12.9. The number of aromatic nitrogens is 2. The number of piperidine rings is 1. The number of amides is 1. The highest BCUT2D eigenvalue weighted by Gasteiger charge is 2.27. The van der Waals surface area contributed by atoms with E-state index in [1.807, 2.05) is 29.2 Å². The van der Waals surface area contributed by atoms with E-state index in [9.17, 15) is 9.59 Å². The van der Waals surface area contributed by atoms with Gasteiger partial charge in [0.1, 0.15) is 12.4 Å². The molecule has 2 aliphatic heterocycles. The number of carbonyl (C=O) groups excluding carboxylic acids is 1. The molecule has 1 aromatic carbocycles. The van der Waals surface area contributed by atoms with Gasteiger partial charge in [-0.3, -0.25) is 14.5 Å². The van der Waals surface area contributed by atoms with E-state index >= 15 is 0 Å². The maximum atomic E-state index is 12.9. The lowest BCUT2D eigenvalue weighted by Crippen LogP contribution is -2.45. The minimum atomic E-state index is -0.147. The van der Waals surface area contributed by atoms with E-state index in [2.05, 4.69) is 14.9 Å². The van der Waals surface area contributed by atoms with Crippen molar-refractivity contribution in [2.24, 2.45) is 0 Å². The van der Waals surface area contributed by atoms with Crippen LogP contribution in [0.3, 0.4) is 0 Å². The Morgan fingerprint density at radius 3 is 3.07 bits per heavy atom. The number of fused-ring (bicyclic) bond motifs is 1. The lowest BCUT2D eigenvalue weighted by Gasteiger charge is -2.33. The van der Waals surface area contributed by atoms with Crippen molar-refractivity contribution in [3.63, 3.8) is 0 Å². The monoisotopic (exact) mass is 368 g/mol. The lowest BCUT2D eigenvalue weighted by atomic mass is 9.94. The summed E-state index contributed by atoms with van der Waals surface area (Å²) in [7, 11) is 0. The molecule has 0 bridgehead atoms. The van der Waals surface area contributed by atoms with Gasteiger partial charge in [-0.05, 0) is 18.9 Å². The van der Waals surface area contributed by atoms with Crippen LogP contribution in [0, 0.1) is 0 Å². The number of hydrogen-bond acceptors (Lipinski definition) is 5. The van der Waals surface area contributed by atoms with Gasteiger partial charge < -0.3 is 14.6 Å². The Morgan fingerprint density at radius 1 is 1.30 bits per heavy atom. The molecule has 0 aliphatic carbocycles. The van der Waals surface area contributed by atoms with E-state index in [1.54, 1.807) is 6.07 Å². The molecule has 1 unspecified atom stereocenters. The van der Waals surface area contributed by atoms with Gasteiger partial charge in [-0.2, -0.15) is 0 Å². The van der Waals surface area contributed by atoms with Crippen molar-refractivity contribution in [2.75, 3.05) is 32.8 Å². The zero-order chi connectivity index (χ0) is 18.6. The fourth-order valence-electron chi connectivity index (χ4n) is 3.86. The largest absolute Gasteiger partial charge is 0.492 e. The number of rotatable bonds is 3. The number of nitrogens with one attached hydrogen (secondary N) is 1. The summed E-state index contributed by atoms with van der Waals surface area (Å²) in [4.78, 5) is 35.3. The molecule has 1 fully saturated rings. The Bertz CT molecular complexity index is 866. The van der Waals surface area contributed by atoms with E-state index < -0.39 is 0 Å². The molecule has 7 heteroatoms. The molecular weight excluding hydrogens is 344 g/mol. The first-order valence-corrected chi connectivity index (χ1v) is 9.44. The van der Waals surface area contributed by atoms with E-state index in [1.165, 1.54) is 6.33 Å². The van der Waals surface area contributed by atoms with Crippen LogP contribution in [-0.2, 0) is 11.3 Å². The standard InChI is InChI=1S/C20H24N4O3/c25-19-10-17(21-14-22-19)15-5-3-7-24(12-15)20(26)13-23-8-9-27-18-6-2-1-4-16(18)11-23/h1-2,4,6,10,14-15H,3,5,7-9,11-13H2,(H,21,22,25). The summed E-state index contributed by atoms with van der Waals surface area (Å²) < 4.78 is 5.78. The molecule has 2 aliphatic rings. The Hall–Kier alpha value is -2.67. The van der Waals surface area contributed by atoms with Gasteiger partial charge in [-0.25, -0.2) is 4.98 Å². The molecule has 0 saturated carbocycles. The zero-order valence-electron chi connectivity index (χ0n) is 15.3. The number of hydrogen-bond donors (Lipinski definition) is 1. The predicted octanol–water partition coefficient (Wildman–Crippen LogP) is 1.37. The minimum Gasteiger partial charge on any atom is -0.492 e. The van der Waals surface area contributed by atoms with Crippen LogP contribution in [0.2, 0.25) is 0 Å². The first kappa shape index (κ1) is 17.7. The van der Waals surface area contributed by atoms with Crippen LogP contribution < -0.4 is 10.3 Å². The third-order valence-electron chi connectivity index (χ3n) is 5.28. The van der Waals surface area contributed by atoms with Gasteiger partial charge >= 0.3 is 0 Å². The normalized spacial score (nSPS) is 20.4. The predicted molar refractivity (Wildman–Crippen MR) is 101 cm³/mol. The van der Waals surface area contributed by atoms with Crippen molar-refractivity contribution in [3.8, 4) is 5.75 Å². The van der Waals surface area contributed by atoms with Crippen LogP contribution in [0.5, 0.6) is 5.75 Å². The molecule has 3 heterocycles. The van der Waals surface area contributed by atoms with Crippen LogP contribution in [0.1, 0.15) is 30.0 Å². The summed E-state index contributed by atoms with van der Waals surface area (Å²) in [6.07, 6.45) is 3.31. The van der Waals surface area contributed by atoms with Gasteiger partial charge in [-0.1, -0.05) is 18.2 Å². The van der Waals surface area contributed by atoms with Crippen molar-refractivity contribution in [1.29, 1.82) is 0 Å². The first-order chi connectivity index (χ1) is 13.2. The number of aromatic amines is 1. The van der Waals surface area contributed by atoms with Crippen LogP contribution >= 0.6 is 0 Å². The minimum absolute atomic E-state index is 0.123. The molecule has 1 atom stereocenters. The number of nitrogens with zero attached hydrogens (tertiary/aromatic N) is 3. The maximum Gasteiger partial charge on any atom is 0.250 e. The van der Waals surface area contributed by atoms with Crippen LogP contribution in [0.25, 0.3) is 0 Å². The summed E-state index contributed by atoms with van der Waals surface area (Å²) in [5, 5.41) is 0. The highest BCUT2D eigenvalue weighted by Crippen LogP contribution is 2.26. The molecule has 7 nitrogen and oxygen atoms in total. The van der Waals surface area contributed by atoms with Gasteiger partial charge in [0.25, 0.3) is 5.56 Å². The van der Waals surface area contributed by atoms with Crippen LogP contribution in [0.4, 0.5) is 0 Å². The number of benzene rings is 1. The SMILES string of the molecule is O=C(CN1CCOc2ccccc2C1)N1CCCC(c2cc(=O)[nH]cn2)C1. The van der Waals surface area contributed by atoms with Crippen molar-refractivity contribution in [1.82, 2.24) is 19.8 Å². The second kappa shape index (κ2) is 7.92. The number of para-hydroxylation sites is 1. The molecule has 0 radical (unpaired) electrons. The molecule has 2 aromatic rings. The zero-order valence-corrected chi connectivity index (χ0v) is 15.3. The molecule has 0 spiro atoms. The van der Waals surface area contributed by atoms with E-state index in [0.717, 1.165) is 49.5 Å². The second-order valence-electron chi connectivity index (χ2n) is 7.18. The smallest absolute Gasteiger partial charge is 0.250 e. The van der Waals surface area contributed by atoms with Gasteiger partial charge in [0.05, 0.1) is 18.6 Å². The highest BCUT2D eigenvalue weighted by molar-refractivity contribution is 5.78. The molecule has 1 amide bonds. The molecule has 142 valence electrons. The summed E-state index contributed by atoms with van der Waals surface area (Å²) in [5.41, 5.74) is 1.74. The highest BCUT2D eigenvalue weighted by atomic mass is 16.5. The Morgan fingerprint density at radius 2 is 2.19 bits per heavy atom. The molecular formula is C20H24N4O3. The summed E-state index contributed by atoms with van der Waals surface area (Å²) in [6.45, 7) is 3.80. The lowest BCUT2D eigenvalue weighted by molar-refractivity contribution is -0.133.